The van der Waals surface area contributed by atoms with Gasteiger partial charge >= 0.3 is 0 Å². The van der Waals surface area contributed by atoms with Crippen LogP contribution in [0.3, 0.4) is 0 Å². The van der Waals surface area contributed by atoms with E-state index in [1.165, 1.54) is 49.2 Å². The second-order valence-electron chi connectivity index (χ2n) is 5.50. The molecule has 1 atom stereocenters. The number of ether oxygens (including phenoxy) is 2. The van der Waals surface area contributed by atoms with Gasteiger partial charge in [0.15, 0.2) is 11.5 Å². The molecule has 0 bridgehead atoms. The first kappa shape index (κ1) is 13.2. The molecule has 19 heavy (non-hydrogen) atoms. The second kappa shape index (κ2) is 6.08. The van der Waals surface area contributed by atoms with E-state index in [1.54, 1.807) is 7.11 Å². The molecule has 2 aliphatic rings. The van der Waals surface area contributed by atoms with Gasteiger partial charge in [-0.05, 0) is 61.5 Å². The molecule has 0 unspecified atom stereocenters. The highest BCUT2D eigenvalue weighted by molar-refractivity contribution is 7.99. The van der Waals surface area contributed by atoms with Crippen LogP contribution in [0.25, 0.3) is 0 Å². The molecule has 2 nitrogen and oxygen atoms in total. The Morgan fingerprint density at radius 1 is 1.11 bits per heavy atom. The van der Waals surface area contributed by atoms with Crippen LogP contribution in [0.15, 0.2) is 18.2 Å². The van der Waals surface area contributed by atoms with Gasteiger partial charge in [-0.25, -0.2) is 0 Å². The summed E-state index contributed by atoms with van der Waals surface area (Å²) in [6, 6.07) is 6.49. The van der Waals surface area contributed by atoms with Crippen molar-refractivity contribution in [2.75, 3.05) is 18.6 Å². The molecule has 2 fully saturated rings. The Balaban J connectivity index is 1.79. The molecule has 1 saturated carbocycles. The van der Waals surface area contributed by atoms with Crippen LogP contribution in [0, 0.1) is 0 Å². The fourth-order valence-corrected chi connectivity index (χ4v) is 4.28. The molecule has 0 radical (unpaired) electrons. The van der Waals surface area contributed by atoms with E-state index in [9.17, 15) is 0 Å². The van der Waals surface area contributed by atoms with Gasteiger partial charge in [0.1, 0.15) is 0 Å². The van der Waals surface area contributed by atoms with E-state index in [0.29, 0.717) is 12.0 Å². The largest absolute Gasteiger partial charge is 0.493 e. The SMILES string of the molecule is COc1ccc([C@@H]2CCSC2)cc1OC1CCCC1. The van der Waals surface area contributed by atoms with Crippen molar-refractivity contribution in [2.24, 2.45) is 0 Å². The fourth-order valence-electron chi connectivity index (χ4n) is 3.02. The molecule has 1 aromatic rings. The lowest BCUT2D eigenvalue weighted by Gasteiger charge is -2.18. The highest BCUT2D eigenvalue weighted by atomic mass is 32.2. The zero-order valence-electron chi connectivity index (χ0n) is 11.6. The van der Waals surface area contributed by atoms with Crippen molar-refractivity contribution < 1.29 is 9.47 Å². The summed E-state index contributed by atoms with van der Waals surface area (Å²) in [6.45, 7) is 0. The van der Waals surface area contributed by atoms with E-state index in [1.807, 2.05) is 0 Å². The lowest BCUT2D eigenvalue weighted by atomic mass is 9.98. The maximum Gasteiger partial charge on any atom is 0.161 e. The van der Waals surface area contributed by atoms with Crippen molar-refractivity contribution in [3.05, 3.63) is 23.8 Å². The van der Waals surface area contributed by atoms with Crippen LogP contribution in [0.2, 0.25) is 0 Å². The predicted molar refractivity (Wildman–Crippen MR) is 80.6 cm³/mol. The summed E-state index contributed by atoms with van der Waals surface area (Å²) >= 11 is 2.05. The Morgan fingerprint density at radius 2 is 1.95 bits per heavy atom. The third kappa shape index (κ3) is 3.02. The minimum Gasteiger partial charge on any atom is -0.493 e. The Bertz CT molecular complexity index is 421. The predicted octanol–water partition coefficient (Wildman–Crippen LogP) is 4.24. The molecule has 1 aliphatic carbocycles. The molecule has 0 amide bonds. The van der Waals surface area contributed by atoms with E-state index in [4.69, 9.17) is 9.47 Å². The van der Waals surface area contributed by atoms with E-state index < -0.39 is 0 Å². The summed E-state index contributed by atoms with van der Waals surface area (Å²) in [4.78, 5) is 0. The minimum absolute atomic E-state index is 0.391. The molecule has 0 aromatic heterocycles. The van der Waals surface area contributed by atoms with Crippen LogP contribution in [0.5, 0.6) is 11.5 Å². The van der Waals surface area contributed by atoms with Crippen molar-refractivity contribution in [1.82, 2.24) is 0 Å². The smallest absolute Gasteiger partial charge is 0.161 e. The zero-order valence-corrected chi connectivity index (χ0v) is 12.4. The summed E-state index contributed by atoms with van der Waals surface area (Å²) in [5.41, 5.74) is 1.42. The average molecular weight is 278 g/mol. The highest BCUT2D eigenvalue weighted by Gasteiger charge is 2.22. The molecule has 3 heteroatoms. The quantitative estimate of drug-likeness (QED) is 0.821. The van der Waals surface area contributed by atoms with Crippen LogP contribution >= 0.6 is 11.8 Å². The summed E-state index contributed by atoms with van der Waals surface area (Å²) in [5.74, 6) is 5.05. The van der Waals surface area contributed by atoms with E-state index in [2.05, 4.69) is 30.0 Å². The molecular weight excluding hydrogens is 256 g/mol. The second-order valence-corrected chi connectivity index (χ2v) is 6.64. The van der Waals surface area contributed by atoms with Gasteiger partial charge in [0, 0.05) is 5.75 Å². The first-order valence-corrected chi connectivity index (χ1v) is 8.44. The van der Waals surface area contributed by atoms with Crippen molar-refractivity contribution in [2.45, 2.75) is 44.1 Å². The van der Waals surface area contributed by atoms with Crippen LogP contribution in [-0.4, -0.2) is 24.7 Å². The topological polar surface area (TPSA) is 18.5 Å². The number of rotatable bonds is 4. The normalized spacial score (nSPS) is 23.7. The molecule has 1 saturated heterocycles. The van der Waals surface area contributed by atoms with Gasteiger partial charge in [-0.2, -0.15) is 11.8 Å². The molecule has 104 valence electrons. The maximum atomic E-state index is 6.17. The lowest BCUT2D eigenvalue weighted by molar-refractivity contribution is 0.200. The van der Waals surface area contributed by atoms with Gasteiger partial charge in [-0.1, -0.05) is 6.07 Å². The lowest BCUT2D eigenvalue weighted by Crippen LogP contribution is -2.12. The minimum atomic E-state index is 0.391. The average Bonchev–Trinajstić information content (AvgIpc) is 3.11. The van der Waals surface area contributed by atoms with Crippen molar-refractivity contribution >= 4 is 11.8 Å². The van der Waals surface area contributed by atoms with Crippen LogP contribution in [0.4, 0.5) is 0 Å². The van der Waals surface area contributed by atoms with Crippen molar-refractivity contribution in [3.8, 4) is 11.5 Å². The van der Waals surface area contributed by atoms with Gasteiger partial charge < -0.3 is 9.47 Å². The van der Waals surface area contributed by atoms with Crippen LogP contribution in [0.1, 0.15) is 43.6 Å². The van der Waals surface area contributed by atoms with Gasteiger partial charge in [0.2, 0.25) is 0 Å². The van der Waals surface area contributed by atoms with Crippen LogP contribution < -0.4 is 9.47 Å². The first-order valence-electron chi connectivity index (χ1n) is 7.29. The molecule has 0 spiro atoms. The summed E-state index contributed by atoms with van der Waals surface area (Å²) in [6.07, 6.45) is 6.65. The third-order valence-corrected chi connectivity index (χ3v) is 5.35. The molecule has 1 aliphatic heterocycles. The maximum absolute atomic E-state index is 6.17. The summed E-state index contributed by atoms with van der Waals surface area (Å²) < 4.78 is 11.6. The van der Waals surface area contributed by atoms with Crippen molar-refractivity contribution in [1.29, 1.82) is 0 Å². The highest BCUT2D eigenvalue weighted by Crippen LogP contribution is 2.38. The third-order valence-electron chi connectivity index (χ3n) is 4.18. The number of hydrogen-bond donors (Lipinski definition) is 0. The zero-order chi connectivity index (χ0) is 13.1. The molecular formula is C16H22O2S. The van der Waals surface area contributed by atoms with Gasteiger partial charge in [-0.3, -0.25) is 0 Å². The Kier molecular flexibility index (Phi) is 4.21. The van der Waals surface area contributed by atoms with E-state index >= 15 is 0 Å². The monoisotopic (exact) mass is 278 g/mol. The summed E-state index contributed by atoms with van der Waals surface area (Å²) in [7, 11) is 1.72. The Hall–Kier alpha value is -0.830. The number of hydrogen-bond acceptors (Lipinski definition) is 3. The Morgan fingerprint density at radius 3 is 2.63 bits per heavy atom. The van der Waals surface area contributed by atoms with Gasteiger partial charge in [0.25, 0.3) is 0 Å². The number of methoxy groups -OCH3 is 1. The Labute approximate surface area is 119 Å². The molecule has 1 aromatic carbocycles. The molecule has 3 rings (SSSR count). The first-order chi connectivity index (χ1) is 9.36. The van der Waals surface area contributed by atoms with E-state index in [0.717, 1.165) is 11.5 Å². The number of thioether (sulfide) groups is 1. The van der Waals surface area contributed by atoms with Gasteiger partial charge in [-0.15, -0.1) is 0 Å². The fraction of sp³-hybridized carbons (Fsp3) is 0.625. The standard InChI is InChI=1S/C16H22O2S/c1-17-15-7-6-12(13-8-9-19-11-13)10-16(15)18-14-4-2-3-5-14/h6-7,10,13-14H,2-5,8-9,11H2,1H3/t13-/m1/s1. The van der Waals surface area contributed by atoms with E-state index in [-0.39, 0.29) is 0 Å². The summed E-state index contributed by atoms with van der Waals surface area (Å²) in [5, 5.41) is 0. The number of benzene rings is 1. The molecule has 0 N–H and O–H groups in total. The van der Waals surface area contributed by atoms with Gasteiger partial charge in [0.05, 0.1) is 13.2 Å². The van der Waals surface area contributed by atoms with Crippen molar-refractivity contribution in [3.63, 3.8) is 0 Å². The van der Waals surface area contributed by atoms with Crippen LogP contribution in [-0.2, 0) is 0 Å². The molecule has 1 heterocycles.